The third-order valence-corrected chi connectivity index (χ3v) is 11.9. The number of phenols is 2. The number of carbonyl (C=O) groups is 2. The van der Waals surface area contributed by atoms with Crippen LogP contribution in [0.3, 0.4) is 0 Å². The van der Waals surface area contributed by atoms with Crippen LogP contribution in [0.4, 0.5) is 0 Å². The quantitative estimate of drug-likeness (QED) is 0.180. The predicted octanol–water partition coefficient (Wildman–Crippen LogP) is 13.4. The zero-order valence-electron chi connectivity index (χ0n) is 33.4. The summed E-state index contributed by atoms with van der Waals surface area (Å²) in [5.41, 5.74) is 6.57. The van der Waals surface area contributed by atoms with Gasteiger partial charge in [-0.25, -0.2) is 0 Å². The van der Waals surface area contributed by atoms with Crippen molar-refractivity contribution in [1.29, 1.82) is 0 Å². The minimum Gasteiger partial charge on any atom is -0.507 e. The lowest BCUT2D eigenvalue weighted by Crippen LogP contribution is -2.10. The van der Waals surface area contributed by atoms with Gasteiger partial charge in [-0.3, -0.25) is 9.59 Å². The molecule has 4 saturated carbocycles. The van der Waals surface area contributed by atoms with Crippen LogP contribution in [-0.2, 0) is 22.4 Å². The van der Waals surface area contributed by atoms with Crippen molar-refractivity contribution in [2.24, 2.45) is 0 Å². The van der Waals surface area contributed by atoms with Crippen molar-refractivity contribution in [2.75, 3.05) is 0 Å². The Bertz CT molecular complexity index is 1200. The molecule has 0 aliphatic heterocycles. The fourth-order valence-electron chi connectivity index (χ4n) is 9.18. The van der Waals surface area contributed by atoms with Crippen LogP contribution in [0.1, 0.15) is 198 Å². The smallest absolute Gasteiger partial charge is 0.303 e. The number of hydrogen-bond acceptors (Lipinski definition) is 4. The van der Waals surface area contributed by atoms with Gasteiger partial charge in [0, 0.05) is 12.8 Å². The molecule has 0 radical (unpaired) electrons. The van der Waals surface area contributed by atoms with E-state index in [2.05, 4.69) is 63.7 Å². The van der Waals surface area contributed by atoms with E-state index in [9.17, 15) is 19.8 Å². The maximum Gasteiger partial charge on any atom is 0.303 e. The van der Waals surface area contributed by atoms with E-state index >= 15 is 0 Å². The molecule has 6 heteroatoms. The maximum absolute atomic E-state index is 11.0. The average Bonchev–Trinajstić information content (AvgIpc) is 3.23. The largest absolute Gasteiger partial charge is 0.507 e. The van der Waals surface area contributed by atoms with Crippen LogP contribution in [0.15, 0.2) is 63.7 Å². The fraction of sp³-hybridized carbons (Fsp3) is 0.583. The van der Waals surface area contributed by atoms with Crippen molar-refractivity contribution in [3.05, 3.63) is 97.1 Å². The highest BCUT2D eigenvalue weighted by Crippen LogP contribution is 2.46. The van der Waals surface area contributed by atoms with Gasteiger partial charge in [-0.15, -0.1) is 39.5 Å². The van der Waals surface area contributed by atoms with E-state index in [0.717, 1.165) is 84.7 Å². The zero-order valence-corrected chi connectivity index (χ0v) is 33.4. The molecule has 0 saturated heterocycles. The normalized spacial score (nSPS) is 18.1. The molecule has 2 aromatic carbocycles. The summed E-state index contributed by atoms with van der Waals surface area (Å²) in [4.78, 5) is 21.9. The first-order valence-electron chi connectivity index (χ1n) is 20.9. The Morgan fingerprint density at radius 1 is 0.426 bits per heavy atom. The van der Waals surface area contributed by atoms with Gasteiger partial charge in [0.2, 0.25) is 0 Å². The third-order valence-electron chi connectivity index (χ3n) is 11.9. The summed E-state index contributed by atoms with van der Waals surface area (Å²) in [5.74, 6) is 1.34. The first kappa shape index (κ1) is 46.4. The molecule has 0 spiro atoms. The molecule has 0 atom stereocenters. The van der Waals surface area contributed by atoms with E-state index in [1.807, 2.05) is 0 Å². The van der Waals surface area contributed by atoms with Crippen LogP contribution in [-0.4, -0.2) is 32.4 Å². The summed E-state index contributed by atoms with van der Waals surface area (Å²) in [6.45, 7) is 18.0. The van der Waals surface area contributed by atoms with E-state index in [-0.39, 0.29) is 12.8 Å². The lowest BCUT2D eigenvalue weighted by Gasteiger charge is -2.28. The summed E-state index contributed by atoms with van der Waals surface area (Å²) >= 11 is 0. The molecule has 4 aliphatic rings. The SMILES string of the molecule is C=C.C=C.C=C.O=C(O)CCc1cc(C2CCCCC2)c(O)c(C2CCCCC2)c1.O=C(O)CCc1cc(C2CCCCC2)c(O)c(C2CCCCC2)c1. The number of hydrogen-bond donors (Lipinski definition) is 4. The van der Waals surface area contributed by atoms with E-state index in [1.54, 1.807) is 0 Å². The van der Waals surface area contributed by atoms with E-state index in [1.165, 1.54) is 77.0 Å². The summed E-state index contributed by atoms with van der Waals surface area (Å²) in [5, 5.41) is 40.0. The summed E-state index contributed by atoms with van der Waals surface area (Å²) in [6, 6.07) is 8.39. The second-order valence-corrected chi connectivity index (χ2v) is 15.4. The molecule has 0 bridgehead atoms. The zero-order chi connectivity index (χ0) is 39.9. The van der Waals surface area contributed by atoms with Crippen molar-refractivity contribution >= 4 is 11.9 Å². The van der Waals surface area contributed by atoms with Gasteiger partial charge in [0.15, 0.2) is 0 Å². The minimum absolute atomic E-state index is 0.166. The lowest BCUT2D eigenvalue weighted by atomic mass is 9.78. The highest BCUT2D eigenvalue weighted by atomic mass is 16.4. The first-order chi connectivity index (χ1) is 26.3. The van der Waals surface area contributed by atoms with E-state index in [0.29, 0.717) is 48.0 Å². The molecule has 0 amide bonds. The number of carboxylic acid groups (broad SMARTS) is 2. The van der Waals surface area contributed by atoms with E-state index < -0.39 is 11.9 Å². The van der Waals surface area contributed by atoms with Crippen molar-refractivity contribution in [2.45, 2.75) is 178 Å². The van der Waals surface area contributed by atoms with Crippen LogP contribution in [0.5, 0.6) is 11.5 Å². The molecule has 2 aromatic rings. The standard InChI is InChI=1S/2C21H30O3.3C2H4/c2*22-20(23)12-11-15-13-18(16-7-3-1-4-8-16)21(24)19(14-15)17-9-5-2-6-10-17;3*1-2/h2*13-14,16-17,24H,1-12H2,(H,22,23);3*1-2H2. The van der Waals surface area contributed by atoms with Crippen LogP contribution in [0.25, 0.3) is 0 Å². The van der Waals surface area contributed by atoms with Gasteiger partial charge < -0.3 is 20.4 Å². The average molecular weight is 745 g/mol. The highest BCUT2D eigenvalue weighted by Gasteiger charge is 2.27. The van der Waals surface area contributed by atoms with Gasteiger partial charge in [0.05, 0.1) is 0 Å². The van der Waals surface area contributed by atoms with Gasteiger partial charge >= 0.3 is 11.9 Å². The highest BCUT2D eigenvalue weighted by molar-refractivity contribution is 5.67. The van der Waals surface area contributed by atoms with Gasteiger partial charge in [0.1, 0.15) is 11.5 Å². The second kappa shape index (κ2) is 26.1. The number of carboxylic acids is 2. The Labute approximate surface area is 327 Å². The van der Waals surface area contributed by atoms with Crippen molar-refractivity contribution < 1.29 is 30.0 Å². The maximum atomic E-state index is 11.0. The third kappa shape index (κ3) is 14.5. The molecule has 0 aromatic heterocycles. The molecular formula is C48H72O6. The summed E-state index contributed by atoms with van der Waals surface area (Å²) in [7, 11) is 0. The molecule has 0 unspecified atom stereocenters. The molecule has 54 heavy (non-hydrogen) atoms. The Kier molecular flexibility index (Phi) is 22.4. The molecule has 6 rings (SSSR count). The van der Waals surface area contributed by atoms with Crippen LogP contribution in [0.2, 0.25) is 0 Å². The fourth-order valence-corrected chi connectivity index (χ4v) is 9.18. The van der Waals surface area contributed by atoms with Crippen LogP contribution in [0, 0.1) is 0 Å². The predicted molar refractivity (Wildman–Crippen MR) is 225 cm³/mol. The van der Waals surface area contributed by atoms with Crippen LogP contribution < -0.4 is 0 Å². The number of phenolic OH excluding ortho intramolecular Hbond substituents is 2. The number of aliphatic carboxylic acids is 2. The molecule has 4 aliphatic carbocycles. The van der Waals surface area contributed by atoms with E-state index in [4.69, 9.17) is 10.2 Å². The van der Waals surface area contributed by atoms with Gasteiger partial charge in [-0.1, -0.05) is 101 Å². The topological polar surface area (TPSA) is 115 Å². The molecule has 4 fully saturated rings. The van der Waals surface area contributed by atoms with Gasteiger partial charge in [-0.2, -0.15) is 0 Å². The Morgan fingerprint density at radius 3 is 0.815 bits per heavy atom. The molecule has 6 nitrogen and oxygen atoms in total. The monoisotopic (exact) mass is 745 g/mol. The molecule has 4 N–H and O–H groups in total. The number of benzene rings is 2. The van der Waals surface area contributed by atoms with Crippen molar-refractivity contribution in [3.63, 3.8) is 0 Å². The van der Waals surface area contributed by atoms with Gasteiger partial charge in [-0.05, 0) is 121 Å². The minimum atomic E-state index is -0.749. The number of rotatable bonds is 10. The number of aromatic hydroxyl groups is 2. The Morgan fingerprint density at radius 2 is 0.630 bits per heavy atom. The summed E-state index contributed by atoms with van der Waals surface area (Å²) in [6.07, 6.45) is 25.8. The molecule has 300 valence electrons. The second-order valence-electron chi connectivity index (χ2n) is 15.4. The van der Waals surface area contributed by atoms with Gasteiger partial charge in [0.25, 0.3) is 0 Å². The summed E-state index contributed by atoms with van der Waals surface area (Å²) < 4.78 is 0. The van der Waals surface area contributed by atoms with Crippen LogP contribution >= 0.6 is 0 Å². The Balaban J connectivity index is 0.000000328. The van der Waals surface area contributed by atoms with Crippen molar-refractivity contribution in [1.82, 2.24) is 0 Å². The first-order valence-corrected chi connectivity index (χ1v) is 20.9. The van der Waals surface area contributed by atoms with Crippen molar-refractivity contribution in [3.8, 4) is 11.5 Å². The Hall–Kier alpha value is -3.80. The molecule has 0 heterocycles. The number of aryl methyl sites for hydroxylation is 2. The molecular weight excluding hydrogens is 673 g/mol. The lowest BCUT2D eigenvalue weighted by molar-refractivity contribution is -0.138.